The Morgan fingerprint density at radius 2 is 2.11 bits per heavy atom. The van der Waals surface area contributed by atoms with Gasteiger partial charge in [0, 0.05) is 32.4 Å². The molecule has 1 saturated heterocycles. The van der Waals surface area contributed by atoms with E-state index in [4.69, 9.17) is 0 Å². The lowest BCUT2D eigenvalue weighted by molar-refractivity contribution is -0.386. The third-order valence-corrected chi connectivity index (χ3v) is 2.80. The summed E-state index contributed by atoms with van der Waals surface area (Å²) in [4.78, 5) is 23.0. The topological polar surface area (TPSA) is 68.4 Å². The first-order valence-corrected chi connectivity index (χ1v) is 5.38. The molecule has 18 heavy (non-hydrogen) atoms. The van der Waals surface area contributed by atoms with Crippen LogP contribution in [0.15, 0.2) is 17.1 Å². The Morgan fingerprint density at radius 3 is 2.67 bits per heavy atom. The smallest absolute Gasteiger partial charge is 0.305 e. The third-order valence-electron chi connectivity index (χ3n) is 2.80. The number of nitrogens with zero attached hydrogens (tertiary/aromatic N) is 3. The van der Waals surface area contributed by atoms with E-state index in [1.165, 1.54) is 0 Å². The van der Waals surface area contributed by atoms with Crippen LogP contribution >= 0.6 is 0 Å². The van der Waals surface area contributed by atoms with E-state index in [1.54, 1.807) is 4.90 Å². The van der Waals surface area contributed by atoms with Crippen molar-refractivity contribution in [2.75, 3.05) is 19.6 Å². The van der Waals surface area contributed by atoms with Gasteiger partial charge in [0.1, 0.15) is 12.0 Å². The molecule has 0 amide bonds. The summed E-state index contributed by atoms with van der Waals surface area (Å²) in [7, 11) is 0. The van der Waals surface area contributed by atoms with E-state index in [0.29, 0.717) is 12.6 Å². The molecule has 0 radical (unpaired) electrons. The molecule has 98 valence electrons. The van der Waals surface area contributed by atoms with Crippen LogP contribution in [0.2, 0.25) is 0 Å². The number of aromatic nitrogens is 1. The van der Waals surface area contributed by atoms with Gasteiger partial charge in [0.25, 0.3) is 0 Å². The summed E-state index contributed by atoms with van der Waals surface area (Å²) in [6, 6.07) is 0.597. The zero-order valence-electron chi connectivity index (χ0n) is 9.38. The second-order valence-corrected chi connectivity index (χ2v) is 4.16. The second-order valence-electron chi connectivity index (χ2n) is 4.16. The zero-order chi connectivity index (χ0) is 13.3. The van der Waals surface area contributed by atoms with Gasteiger partial charge in [-0.1, -0.05) is 0 Å². The fraction of sp³-hybridized carbons (Fsp3) is 0.500. The normalized spacial score (nSPS) is 16.6. The Hall–Kier alpha value is -1.83. The van der Waals surface area contributed by atoms with E-state index < -0.39 is 28.2 Å². The van der Waals surface area contributed by atoms with Gasteiger partial charge >= 0.3 is 11.2 Å². The summed E-state index contributed by atoms with van der Waals surface area (Å²) in [6.07, 6.45) is 0.0609. The third kappa shape index (κ3) is 2.53. The average molecular weight is 259 g/mol. The molecule has 2 rings (SSSR count). The van der Waals surface area contributed by atoms with Gasteiger partial charge in [-0.05, 0) is 0 Å². The highest BCUT2D eigenvalue weighted by Crippen LogP contribution is 2.11. The fourth-order valence-electron chi connectivity index (χ4n) is 1.82. The van der Waals surface area contributed by atoms with Crippen LogP contribution in [0.25, 0.3) is 0 Å². The molecule has 0 bridgehead atoms. The van der Waals surface area contributed by atoms with Crippen LogP contribution in [0.3, 0.4) is 0 Å². The molecule has 1 aromatic heterocycles. The maximum atomic E-state index is 13.1. The summed E-state index contributed by atoms with van der Waals surface area (Å²) in [5.41, 5.74) is -1.64. The van der Waals surface area contributed by atoms with Crippen LogP contribution in [-0.2, 0) is 6.54 Å². The highest BCUT2D eigenvalue weighted by atomic mass is 19.1. The summed E-state index contributed by atoms with van der Waals surface area (Å²) < 4.78 is 26.6. The fourth-order valence-corrected chi connectivity index (χ4v) is 1.82. The first kappa shape index (κ1) is 12.6. The molecule has 0 aliphatic carbocycles. The van der Waals surface area contributed by atoms with Crippen molar-refractivity contribution in [3.8, 4) is 0 Å². The first-order chi connectivity index (χ1) is 8.47. The molecule has 8 heteroatoms. The minimum absolute atomic E-state index is 0.101. The van der Waals surface area contributed by atoms with E-state index >= 15 is 0 Å². The monoisotopic (exact) mass is 259 g/mol. The number of hydrogen-bond donors (Lipinski definition) is 0. The predicted molar refractivity (Wildman–Crippen MR) is 58.7 cm³/mol. The lowest BCUT2D eigenvalue weighted by Gasteiger charge is -2.34. The van der Waals surface area contributed by atoms with Gasteiger partial charge in [-0.25, -0.2) is 8.78 Å². The van der Waals surface area contributed by atoms with Crippen molar-refractivity contribution in [3.05, 3.63) is 38.5 Å². The summed E-state index contributed by atoms with van der Waals surface area (Å²) in [5, 5.41) is 10.5. The van der Waals surface area contributed by atoms with Crippen molar-refractivity contribution >= 4 is 5.69 Å². The summed E-state index contributed by atoms with van der Waals surface area (Å²) in [5.74, 6) is -0.840. The maximum Gasteiger partial charge on any atom is 0.337 e. The maximum absolute atomic E-state index is 13.1. The molecule has 1 aromatic rings. The van der Waals surface area contributed by atoms with Crippen molar-refractivity contribution in [1.29, 1.82) is 0 Å². The standard InChI is InChI=1S/C10H11F2N3O3/c11-7-3-9(15(17)18)10(16)14(6-7)2-1-13-4-8(12)5-13/h3,6,8H,1-2,4-5H2. The molecule has 0 spiro atoms. The van der Waals surface area contributed by atoms with E-state index in [2.05, 4.69) is 0 Å². The van der Waals surface area contributed by atoms with E-state index in [9.17, 15) is 23.7 Å². The molecular weight excluding hydrogens is 248 g/mol. The Bertz CT molecular complexity index is 526. The molecule has 1 aliphatic heterocycles. The summed E-state index contributed by atoms with van der Waals surface area (Å²) >= 11 is 0. The Kier molecular flexibility index (Phi) is 3.37. The molecule has 6 nitrogen and oxygen atoms in total. The second kappa shape index (κ2) is 4.81. The molecule has 0 unspecified atom stereocenters. The van der Waals surface area contributed by atoms with Crippen LogP contribution in [0, 0.1) is 15.9 Å². The lowest BCUT2D eigenvalue weighted by Crippen LogP contribution is -2.49. The van der Waals surface area contributed by atoms with Gasteiger partial charge < -0.3 is 4.57 Å². The van der Waals surface area contributed by atoms with Crippen LogP contribution in [0.5, 0.6) is 0 Å². The number of pyridine rings is 1. The molecule has 1 fully saturated rings. The molecule has 2 heterocycles. The van der Waals surface area contributed by atoms with Gasteiger partial charge in [0.05, 0.1) is 11.0 Å². The van der Waals surface area contributed by atoms with Crippen molar-refractivity contribution < 1.29 is 13.7 Å². The number of rotatable bonds is 4. The molecule has 0 N–H and O–H groups in total. The number of alkyl halides is 1. The Morgan fingerprint density at radius 1 is 1.44 bits per heavy atom. The minimum atomic E-state index is -0.914. The van der Waals surface area contributed by atoms with Crippen LogP contribution < -0.4 is 5.56 Å². The van der Waals surface area contributed by atoms with Crippen molar-refractivity contribution in [3.63, 3.8) is 0 Å². The van der Waals surface area contributed by atoms with Crippen molar-refractivity contribution in [2.24, 2.45) is 0 Å². The minimum Gasteiger partial charge on any atom is -0.305 e. The Labute approximate surface area is 101 Å². The lowest BCUT2D eigenvalue weighted by atomic mass is 10.2. The van der Waals surface area contributed by atoms with Gasteiger partial charge in [-0.2, -0.15) is 0 Å². The van der Waals surface area contributed by atoms with Crippen LogP contribution in [0.1, 0.15) is 0 Å². The van der Waals surface area contributed by atoms with Gasteiger partial charge in [-0.15, -0.1) is 0 Å². The predicted octanol–water partition coefficient (Wildman–Crippen LogP) is 0.549. The van der Waals surface area contributed by atoms with Crippen molar-refractivity contribution in [2.45, 2.75) is 12.7 Å². The highest BCUT2D eigenvalue weighted by molar-refractivity contribution is 5.26. The van der Waals surface area contributed by atoms with E-state index in [1.807, 2.05) is 0 Å². The molecule has 1 aliphatic rings. The van der Waals surface area contributed by atoms with Crippen LogP contribution in [0.4, 0.5) is 14.5 Å². The quantitative estimate of drug-likeness (QED) is 0.585. The van der Waals surface area contributed by atoms with Gasteiger partial charge in [0.2, 0.25) is 0 Å². The largest absolute Gasteiger partial charge is 0.337 e. The van der Waals surface area contributed by atoms with Crippen molar-refractivity contribution in [1.82, 2.24) is 9.47 Å². The van der Waals surface area contributed by atoms with Gasteiger partial charge in [0.15, 0.2) is 0 Å². The summed E-state index contributed by atoms with van der Waals surface area (Å²) in [6.45, 7) is 1.03. The number of nitro groups is 1. The van der Waals surface area contributed by atoms with E-state index in [-0.39, 0.29) is 19.6 Å². The molecular formula is C10H11F2N3O3. The van der Waals surface area contributed by atoms with Gasteiger partial charge in [-0.3, -0.25) is 19.8 Å². The molecule has 0 atom stereocenters. The number of hydrogen-bond acceptors (Lipinski definition) is 4. The highest BCUT2D eigenvalue weighted by Gasteiger charge is 2.26. The SMILES string of the molecule is O=c1c([N+](=O)[O-])cc(F)cn1CCN1CC(F)C1. The zero-order valence-corrected chi connectivity index (χ0v) is 9.38. The average Bonchev–Trinajstić information content (AvgIpc) is 2.26. The Balaban J connectivity index is 2.12. The molecule has 0 aromatic carbocycles. The molecule has 0 saturated carbocycles. The first-order valence-electron chi connectivity index (χ1n) is 5.38. The number of likely N-dealkylation sites (tertiary alicyclic amines) is 1. The van der Waals surface area contributed by atoms with E-state index in [0.717, 1.165) is 10.8 Å². The van der Waals surface area contributed by atoms with Crippen LogP contribution in [-0.4, -0.2) is 40.2 Å². The number of halogens is 2.